The van der Waals surface area contributed by atoms with Gasteiger partial charge in [0.25, 0.3) is 0 Å². The van der Waals surface area contributed by atoms with Gasteiger partial charge in [0.05, 0.1) is 6.54 Å². The van der Waals surface area contributed by atoms with E-state index in [1.807, 2.05) is 0 Å². The SMILES string of the molecule is CC(O)(CNC(=O)C1CC1c1ccc(F)cc1F)C(=O)O. The number of aliphatic carboxylic acids is 1. The first-order valence-electron chi connectivity index (χ1n) is 6.41. The first-order chi connectivity index (χ1) is 9.72. The first kappa shape index (κ1) is 15.4. The van der Waals surface area contributed by atoms with Gasteiger partial charge in [-0.05, 0) is 30.9 Å². The minimum absolute atomic E-state index is 0.265. The fraction of sp³-hybridized carbons (Fsp3) is 0.429. The average Bonchev–Trinajstić information content (AvgIpc) is 3.16. The molecule has 3 unspecified atom stereocenters. The molecule has 5 nitrogen and oxygen atoms in total. The van der Waals surface area contributed by atoms with Crippen molar-refractivity contribution >= 4 is 11.9 Å². The number of hydrogen-bond donors (Lipinski definition) is 3. The lowest BCUT2D eigenvalue weighted by atomic mass is 10.1. The van der Waals surface area contributed by atoms with E-state index in [0.29, 0.717) is 6.42 Å². The molecule has 0 aromatic heterocycles. The van der Waals surface area contributed by atoms with Gasteiger partial charge in [0, 0.05) is 12.0 Å². The van der Waals surface area contributed by atoms with Crippen LogP contribution in [0.5, 0.6) is 0 Å². The van der Waals surface area contributed by atoms with E-state index >= 15 is 0 Å². The van der Waals surface area contributed by atoms with Crippen molar-refractivity contribution in [3.05, 3.63) is 35.4 Å². The summed E-state index contributed by atoms with van der Waals surface area (Å²) in [6, 6.07) is 3.19. The number of amides is 1. The number of carbonyl (C=O) groups is 2. The van der Waals surface area contributed by atoms with Gasteiger partial charge in [-0.1, -0.05) is 6.07 Å². The zero-order valence-electron chi connectivity index (χ0n) is 11.3. The van der Waals surface area contributed by atoms with Crippen LogP contribution in [0.4, 0.5) is 8.78 Å². The third-order valence-electron chi connectivity index (χ3n) is 3.56. The molecule has 2 rings (SSSR count). The summed E-state index contributed by atoms with van der Waals surface area (Å²) in [6.07, 6.45) is 0.406. The quantitative estimate of drug-likeness (QED) is 0.757. The lowest BCUT2D eigenvalue weighted by molar-refractivity contribution is -0.156. The van der Waals surface area contributed by atoms with Gasteiger partial charge in [-0.25, -0.2) is 13.6 Å². The van der Waals surface area contributed by atoms with Crippen LogP contribution in [-0.4, -0.2) is 34.2 Å². The topological polar surface area (TPSA) is 86.6 Å². The van der Waals surface area contributed by atoms with Crippen LogP contribution in [0.2, 0.25) is 0 Å². The van der Waals surface area contributed by atoms with Gasteiger partial charge in [-0.3, -0.25) is 4.79 Å². The fourth-order valence-corrected chi connectivity index (χ4v) is 2.10. The molecule has 1 aromatic rings. The van der Waals surface area contributed by atoms with Crippen LogP contribution in [0.1, 0.15) is 24.8 Å². The molecule has 1 aliphatic rings. The Kier molecular flexibility index (Phi) is 3.95. The molecular formula is C14H15F2NO4. The van der Waals surface area contributed by atoms with E-state index in [1.165, 1.54) is 6.07 Å². The summed E-state index contributed by atoms with van der Waals surface area (Å²) in [5, 5.41) is 20.5. The molecule has 0 aliphatic heterocycles. The molecule has 1 fully saturated rings. The molecular weight excluding hydrogens is 284 g/mol. The highest BCUT2D eigenvalue weighted by Gasteiger charge is 2.45. The predicted octanol–water partition coefficient (Wildman–Crippen LogP) is 1.02. The smallest absolute Gasteiger partial charge is 0.337 e. The molecule has 21 heavy (non-hydrogen) atoms. The monoisotopic (exact) mass is 299 g/mol. The van der Waals surface area contributed by atoms with Crippen molar-refractivity contribution in [2.24, 2.45) is 5.92 Å². The summed E-state index contributed by atoms with van der Waals surface area (Å²) >= 11 is 0. The second kappa shape index (κ2) is 5.40. The summed E-state index contributed by atoms with van der Waals surface area (Å²) in [6.45, 7) is 0.635. The van der Waals surface area contributed by atoms with E-state index in [0.717, 1.165) is 19.1 Å². The Morgan fingerprint density at radius 2 is 2.10 bits per heavy atom. The molecule has 1 amide bonds. The highest BCUT2D eigenvalue weighted by molar-refractivity contribution is 5.84. The molecule has 114 valence electrons. The number of benzene rings is 1. The van der Waals surface area contributed by atoms with Crippen LogP contribution in [0, 0.1) is 17.6 Å². The van der Waals surface area contributed by atoms with Crippen LogP contribution >= 0.6 is 0 Å². The van der Waals surface area contributed by atoms with Crippen LogP contribution in [0.15, 0.2) is 18.2 Å². The van der Waals surface area contributed by atoms with E-state index in [2.05, 4.69) is 5.32 Å². The lowest BCUT2D eigenvalue weighted by Crippen LogP contribution is -2.47. The number of carboxylic acid groups (broad SMARTS) is 1. The Labute approximate surface area is 119 Å². The molecule has 0 bridgehead atoms. The zero-order valence-corrected chi connectivity index (χ0v) is 11.3. The van der Waals surface area contributed by atoms with Crippen molar-refractivity contribution in [2.75, 3.05) is 6.54 Å². The number of carboxylic acids is 1. The lowest BCUT2D eigenvalue weighted by Gasteiger charge is -2.18. The van der Waals surface area contributed by atoms with E-state index in [1.54, 1.807) is 0 Å². The van der Waals surface area contributed by atoms with Crippen molar-refractivity contribution in [3.63, 3.8) is 0 Å². The molecule has 3 N–H and O–H groups in total. The van der Waals surface area contributed by atoms with Gasteiger partial charge in [0.15, 0.2) is 5.60 Å². The summed E-state index contributed by atoms with van der Waals surface area (Å²) in [5.41, 5.74) is -1.79. The van der Waals surface area contributed by atoms with Crippen molar-refractivity contribution in [2.45, 2.75) is 24.9 Å². The predicted molar refractivity (Wildman–Crippen MR) is 68.5 cm³/mol. The van der Waals surface area contributed by atoms with Crippen LogP contribution < -0.4 is 5.32 Å². The number of rotatable bonds is 5. The molecule has 1 aromatic carbocycles. The Balaban J connectivity index is 1.94. The number of halogens is 2. The molecule has 1 saturated carbocycles. The normalized spacial score (nSPS) is 23.2. The molecule has 0 spiro atoms. The van der Waals surface area contributed by atoms with Crippen LogP contribution in [-0.2, 0) is 9.59 Å². The molecule has 0 heterocycles. The highest BCUT2D eigenvalue weighted by Crippen LogP contribution is 2.48. The molecule has 0 radical (unpaired) electrons. The maximum Gasteiger partial charge on any atom is 0.337 e. The standard InChI is InChI=1S/C14H15F2NO4/c1-14(21,13(19)20)6-17-12(18)10-5-9(10)8-3-2-7(15)4-11(8)16/h2-4,9-10,21H,5-6H2,1H3,(H,17,18)(H,19,20). The summed E-state index contributed by atoms with van der Waals surface area (Å²) in [5.74, 6) is -4.12. The largest absolute Gasteiger partial charge is 0.479 e. The summed E-state index contributed by atoms with van der Waals surface area (Å²) in [4.78, 5) is 22.5. The third kappa shape index (κ3) is 3.36. The second-order valence-corrected chi connectivity index (χ2v) is 5.41. The van der Waals surface area contributed by atoms with E-state index < -0.39 is 41.6 Å². The number of nitrogens with one attached hydrogen (secondary N) is 1. The number of carbonyl (C=O) groups excluding carboxylic acids is 1. The van der Waals surface area contributed by atoms with Gasteiger partial charge in [-0.2, -0.15) is 0 Å². The second-order valence-electron chi connectivity index (χ2n) is 5.41. The fourth-order valence-electron chi connectivity index (χ4n) is 2.10. The molecule has 0 saturated heterocycles. The maximum absolute atomic E-state index is 13.6. The molecule has 1 aliphatic carbocycles. The summed E-state index contributed by atoms with van der Waals surface area (Å²) in [7, 11) is 0. The van der Waals surface area contributed by atoms with E-state index in [4.69, 9.17) is 5.11 Å². The Morgan fingerprint density at radius 3 is 2.67 bits per heavy atom. The highest BCUT2D eigenvalue weighted by atomic mass is 19.1. The zero-order chi connectivity index (χ0) is 15.8. The number of aliphatic hydroxyl groups is 1. The van der Waals surface area contributed by atoms with E-state index in [9.17, 15) is 23.5 Å². The van der Waals surface area contributed by atoms with Crippen molar-refractivity contribution in [1.82, 2.24) is 5.32 Å². The van der Waals surface area contributed by atoms with Gasteiger partial charge >= 0.3 is 5.97 Å². The average molecular weight is 299 g/mol. The van der Waals surface area contributed by atoms with Crippen LogP contribution in [0.25, 0.3) is 0 Å². The maximum atomic E-state index is 13.6. The minimum atomic E-state index is -2.05. The summed E-state index contributed by atoms with van der Waals surface area (Å²) < 4.78 is 26.4. The van der Waals surface area contributed by atoms with Crippen LogP contribution in [0.3, 0.4) is 0 Å². The van der Waals surface area contributed by atoms with Gasteiger partial charge in [0.1, 0.15) is 11.6 Å². The van der Waals surface area contributed by atoms with Gasteiger partial charge in [-0.15, -0.1) is 0 Å². The van der Waals surface area contributed by atoms with Gasteiger partial charge < -0.3 is 15.5 Å². The molecule has 3 atom stereocenters. The number of hydrogen-bond acceptors (Lipinski definition) is 3. The Morgan fingerprint density at radius 1 is 1.43 bits per heavy atom. The van der Waals surface area contributed by atoms with Crippen molar-refractivity contribution < 1.29 is 28.6 Å². The van der Waals surface area contributed by atoms with Crippen molar-refractivity contribution in [1.29, 1.82) is 0 Å². The Bertz CT molecular complexity index is 588. The third-order valence-corrected chi connectivity index (χ3v) is 3.56. The first-order valence-corrected chi connectivity index (χ1v) is 6.41. The van der Waals surface area contributed by atoms with Crippen molar-refractivity contribution in [3.8, 4) is 0 Å². The molecule has 7 heteroatoms. The van der Waals surface area contributed by atoms with Gasteiger partial charge in [0.2, 0.25) is 5.91 Å². The minimum Gasteiger partial charge on any atom is -0.479 e. The van der Waals surface area contributed by atoms with E-state index in [-0.39, 0.29) is 11.5 Å². The Hall–Kier alpha value is -2.02.